The van der Waals surface area contributed by atoms with Crippen LogP contribution in [-0.4, -0.2) is 23.0 Å². The molecule has 3 rings (SSSR count). The van der Waals surface area contributed by atoms with Crippen LogP contribution in [0.15, 0.2) is 30.3 Å². The number of benzene rings is 1. The Kier molecular flexibility index (Phi) is 3.49. The highest BCUT2D eigenvalue weighted by molar-refractivity contribution is 7.14. The van der Waals surface area contributed by atoms with Gasteiger partial charge in [0.25, 0.3) is 5.91 Å². The molecule has 0 radical (unpaired) electrons. The first-order valence-corrected chi connectivity index (χ1v) is 7.60. The number of thiophene rings is 1. The number of aromatic hydroxyl groups is 1. The van der Waals surface area contributed by atoms with E-state index in [0.29, 0.717) is 6.54 Å². The quantitative estimate of drug-likeness (QED) is 0.941. The standard InChI is InChI=1S/C16H17NO2S/c1-17(10-11-5-7-13(18)8-6-11)16(19)15-9-12-3-2-4-14(12)20-15/h5-9,18H,2-4,10H2,1H3. The molecule has 1 aromatic heterocycles. The predicted octanol–water partition coefficient (Wildman–Crippen LogP) is 3.21. The van der Waals surface area contributed by atoms with Crippen molar-refractivity contribution in [2.24, 2.45) is 0 Å². The van der Waals surface area contributed by atoms with E-state index in [-0.39, 0.29) is 11.7 Å². The maximum absolute atomic E-state index is 12.4. The number of phenols is 1. The highest BCUT2D eigenvalue weighted by Gasteiger charge is 2.20. The van der Waals surface area contributed by atoms with Crippen molar-refractivity contribution in [2.75, 3.05) is 7.05 Å². The van der Waals surface area contributed by atoms with Gasteiger partial charge in [0.1, 0.15) is 5.75 Å². The number of hydrogen-bond acceptors (Lipinski definition) is 3. The van der Waals surface area contributed by atoms with Gasteiger partial charge in [-0.3, -0.25) is 4.79 Å². The van der Waals surface area contributed by atoms with Crippen LogP contribution in [0.25, 0.3) is 0 Å². The van der Waals surface area contributed by atoms with E-state index >= 15 is 0 Å². The largest absolute Gasteiger partial charge is 0.508 e. The van der Waals surface area contributed by atoms with Crippen molar-refractivity contribution in [3.8, 4) is 5.75 Å². The number of carbonyl (C=O) groups is 1. The average Bonchev–Trinajstić information content (AvgIpc) is 3.01. The molecule has 2 aromatic rings. The molecule has 0 saturated heterocycles. The van der Waals surface area contributed by atoms with Crippen LogP contribution < -0.4 is 0 Å². The Morgan fingerprint density at radius 3 is 2.75 bits per heavy atom. The normalized spacial score (nSPS) is 13.2. The third-order valence-electron chi connectivity index (χ3n) is 3.66. The second-order valence-electron chi connectivity index (χ2n) is 5.24. The molecule has 104 valence electrons. The summed E-state index contributed by atoms with van der Waals surface area (Å²) in [5.74, 6) is 0.329. The van der Waals surface area contributed by atoms with Gasteiger partial charge in [-0.25, -0.2) is 0 Å². The molecule has 0 atom stereocenters. The van der Waals surface area contributed by atoms with Crippen molar-refractivity contribution < 1.29 is 9.90 Å². The molecule has 20 heavy (non-hydrogen) atoms. The summed E-state index contributed by atoms with van der Waals surface area (Å²) in [4.78, 5) is 16.4. The van der Waals surface area contributed by atoms with Gasteiger partial charge in [0, 0.05) is 18.5 Å². The van der Waals surface area contributed by atoms with E-state index in [1.807, 2.05) is 19.2 Å². The van der Waals surface area contributed by atoms with Crippen molar-refractivity contribution in [2.45, 2.75) is 25.8 Å². The zero-order valence-electron chi connectivity index (χ0n) is 11.4. The molecular formula is C16H17NO2S. The topological polar surface area (TPSA) is 40.5 Å². The Labute approximate surface area is 122 Å². The second kappa shape index (κ2) is 5.29. The van der Waals surface area contributed by atoms with E-state index in [0.717, 1.165) is 23.3 Å². The number of aryl methyl sites for hydroxylation is 2. The van der Waals surface area contributed by atoms with Crippen molar-refractivity contribution >= 4 is 17.2 Å². The molecule has 0 aliphatic heterocycles. The smallest absolute Gasteiger partial charge is 0.263 e. The third-order valence-corrected chi connectivity index (χ3v) is 4.89. The minimum Gasteiger partial charge on any atom is -0.508 e. The molecular weight excluding hydrogens is 270 g/mol. The first-order chi connectivity index (χ1) is 9.63. The minimum absolute atomic E-state index is 0.0810. The summed E-state index contributed by atoms with van der Waals surface area (Å²) in [6.07, 6.45) is 3.45. The summed E-state index contributed by atoms with van der Waals surface area (Å²) < 4.78 is 0. The fourth-order valence-corrected chi connectivity index (χ4v) is 3.82. The van der Waals surface area contributed by atoms with E-state index in [9.17, 15) is 9.90 Å². The van der Waals surface area contributed by atoms with Crippen LogP contribution in [0.3, 0.4) is 0 Å². The Morgan fingerprint density at radius 1 is 1.30 bits per heavy atom. The number of nitrogens with zero attached hydrogens (tertiary/aromatic N) is 1. The average molecular weight is 287 g/mol. The number of amides is 1. The molecule has 1 heterocycles. The van der Waals surface area contributed by atoms with Crippen LogP contribution in [0, 0.1) is 0 Å². The van der Waals surface area contributed by atoms with Gasteiger partial charge in [-0.05, 0) is 48.6 Å². The Bertz CT molecular complexity index is 609. The van der Waals surface area contributed by atoms with E-state index in [1.54, 1.807) is 28.4 Å². The molecule has 0 unspecified atom stereocenters. The molecule has 3 nitrogen and oxygen atoms in total. The molecule has 1 aliphatic rings. The van der Waals surface area contributed by atoms with Gasteiger partial charge >= 0.3 is 0 Å². The van der Waals surface area contributed by atoms with Gasteiger partial charge in [0.2, 0.25) is 0 Å². The van der Waals surface area contributed by atoms with E-state index in [1.165, 1.54) is 16.9 Å². The van der Waals surface area contributed by atoms with E-state index < -0.39 is 0 Å². The second-order valence-corrected chi connectivity index (χ2v) is 6.38. The summed E-state index contributed by atoms with van der Waals surface area (Å²) in [6, 6.07) is 9.03. The van der Waals surface area contributed by atoms with E-state index in [2.05, 4.69) is 6.07 Å². The lowest BCUT2D eigenvalue weighted by atomic mass is 10.2. The summed E-state index contributed by atoms with van der Waals surface area (Å²) >= 11 is 1.64. The lowest BCUT2D eigenvalue weighted by Crippen LogP contribution is -2.25. The van der Waals surface area contributed by atoms with Crippen LogP contribution in [0.2, 0.25) is 0 Å². The number of fused-ring (bicyclic) bond motifs is 1. The molecule has 0 saturated carbocycles. The van der Waals surface area contributed by atoms with E-state index in [4.69, 9.17) is 0 Å². The fourth-order valence-electron chi connectivity index (χ4n) is 2.57. The fraction of sp³-hybridized carbons (Fsp3) is 0.312. The molecule has 1 aromatic carbocycles. The number of rotatable bonds is 3. The van der Waals surface area contributed by atoms with Gasteiger partial charge in [-0.2, -0.15) is 0 Å². The third kappa shape index (κ3) is 2.56. The summed E-state index contributed by atoms with van der Waals surface area (Å²) in [5, 5.41) is 9.27. The van der Waals surface area contributed by atoms with Gasteiger partial charge in [-0.15, -0.1) is 11.3 Å². The summed E-state index contributed by atoms with van der Waals surface area (Å²) in [5.41, 5.74) is 2.37. The van der Waals surface area contributed by atoms with Gasteiger partial charge in [0.05, 0.1) is 4.88 Å². The molecule has 0 spiro atoms. The first kappa shape index (κ1) is 13.2. The molecule has 0 fully saturated rings. The van der Waals surface area contributed by atoms with Crippen molar-refractivity contribution in [3.63, 3.8) is 0 Å². The van der Waals surface area contributed by atoms with Crippen LogP contribution in [0.4, 0.5) is 0 Å². The van der Waals surface area contributed by atoms with Crippen LogP contribution >= 0.6 is 11.3 Å². The molecule has 1 N–H and O–H groups in total. The van der Waals surface area contributed by atoms with Crippen LogP contribution in [-0.2, 0) is 19.4 Å². The van der Waals surface area contributed by atoms with Gasteiger partial charge in [0.15, 0.2) is 0 Å². The highest BCUT2D eigenvalue weighted by Crippen LogP contribution is 2.31. The van der Waals surface area contributed by atoms with Gasteiger partial charge in [-0.1, -0.05) is 12.1 Å². The summed E-state index contributed by atoms with van der Waals surface area (Å²) in [7, 11) is 1.82. The van der Waals surface area contributed by atoms with Crippen molar-refractivity contribution in [1.82, 2.24) is 4.90 Å². The zero-order chi connectivity index (χ0) is 14.1. The molecule has 4 heteroatoms. The monoisotopic (exact) mass is 287 g/mol. The lowest BCUT2D eigenvalue weighted by Gasteiger charge is -2.16. The van der Waals surface area contributed by atoms with Crippen LogP contribution in [0.1, 0.15) is 32.1 Å². The zero-order valence-corrected chi connectivity index (χ0v) is 12.2. The number of phenolic OH excluding ortho intramolecular Hbond substituents is 1. The Balaban J connectivity index is 1.71. The Hall–Kier alpha value is -1.81. The number of carbonyl (C=O) groups excluding carboxylic acids is 1. The molecule has 1 amide bonds. The minimum atomic E-state index is 0.0810. The first-order valence-electron chi connectivity index (χ1n) is 6.78. The van der Waals surface area contributed by atoms with Crippen molar-refractivity contribution in [1.29, 1.82) is 0 Å². The number of hydrogen-bond donors (Lipinski definition) is 1. The summed E-state index contributed by atoms with van der Waals surface area (Å²) in [6.45, 7) is 0.557. The maximum Gasteiger partial charge on any atom is 0.263 e. The Morgan fingerprint density at radius 2 is 2.05 bits per heavy atom. The molecule has 0 bridgehead atoms. The van der Waals surface area contributed by atoms with Gasteiger partial charge < -0.3 is 10.0 Å². The lowest BCUT2D eigenvalue weighted by molar-refractivity contribution is 0.0790. The predicted molar refractivity (Wildman–Crippen MR) is 80.2 cm³/mol. The van der Waals surface area contributed by atoms with Crippen molar-refractivity contribution in [3.05, 3.63) is 51.2 Å². The molecule has 1 aliphatic carbocycles. The highest BCUT2D eigenvalue weighted by atomic mass is 32.1. The van der Waals surface area contributed by atoms with Crippen LogP contribution in [0.5, 0.6) is 5.75 Å². The maximum atomic E-state index is 12.4. The SMILES string of the molecule is CN(Cc1ccc(O)cc1)C(=O)c1cc2c(s1)CCC2.